The molecular weight excluding hydrogens is 282 g/mol. The van der Waals surface area contributed by atoms with Gasteiger partial charge in [0.25, 0.3) is 0 Å². The summed E-state index contributed by atoms with van der Waals surface area (Å²) >= 11 is 0. The molecule has 0 saturated carbocycles. The monoisotopic (exact) mass is 307 g/mol. The molecule has 0 aliphatic rings. The number of para-hydroxylation sites is 1. The zero-order chi connectivity index (χ0) is 16.1. The van der Waals surface area contributed by atoms with Crippen molar-refractivity contribution in [3.8, 4) is 11.5 Å². The number of aryl methyl sites for hydroxylation is 2. The quantitative estimate of drug-likeness (QED) is 0.590. The van der Waals surface area contributed by atoms with Gasteiger partial charge >= 0.3 is 0 Å². The fourth-order valence-electron chi connectivity index (χ4n) is 2.94. The molecule has 1 aromatic carbocycles. The molecule has 3 nitrogen and oxygen atoms in total. The average molecular weight is 307 g/mol. The van der Waals surface area contributed by atoms with E-state index in [1.807, 2.05) is 6.20 Å². The van der Waals surface area contributed by atoms with Crippen LogP contribution < -0.4 is 0 Å². The normalized spacial score (nSPS) is 11.2. The molecule has 0 aliphatic carbocycles. The lowest BCUT2D eigenvalue weighted by atomic mass is 10.1. The number of benzene rings is 1. The van der Waals surface area contributed by atoms with Crippen LogP contribution in [0.2, 0.25) is 0 Å². The molecule has 0 bridgehead atoms. The maximum atomic E-state index is 4.69. The molecule has 0 amide bonds. The summed E-state index contributed by atoms with van der Waals surface area (Å²) in [7, 11) is 0. The van der Waals surface area contributed by atoms with Gasteiger partial charge in [0.1, 0.15) is 5.69 Å². The first-order valence-corrected chi connectivity index (χ1v) is 8.68. The van der Waals surface area contributed by atoms with Crippen LogP contribution in [0, 0.1) is 6.92 Å². The Kier molecular flexibility index (Phi) is 5.06. The maximum absolute atomic E-state index is 4.69. The van der Waals surface area contributed by atoms with Crippen molar-refractivity contribution < 1.29 is 0 Å². The van der Waals surface area contributed by atoms with E-state index >= 15 is 0 Å². The number of nitrogens with zero attached hydrogens (tertiary/aromatic N) is 2. The Labute approximate surface area is 138 Å². The van der Waals surface area contributed by atoms with Crippen molar-refractivity contribution in [3.05, 3.63) is 47.7 Å². The van der Waals surface area contributed by atoms with Crippen LogP contribution in [0.1, 0.15) is 50.2 Å². The Morgan fingerprint density at radius 2 is 1.87 bits per heavy atom. The molecule has 0 saturated heterocycles. The third-order valence-corrected chi connectivity index (χ3v) is 4.35. The second kappa shape index (κ2) is 7.40. The van der Waals surface area contributed by atoms with E-state index in [0.717, 1.165) is 29.0 Å². The first kappa shape index (κ1) is 15.7. The van der Waals surface area contributed by atoms with Gasteiger partial charge in [-0.3, -0.25) is 4.98 Å². The smallest absolute Gasteiger partial charge is 0.157 e. The topological polar surface area (TPSA) is 41.6 Å². The predicted octanol–water partition coefficient (Wildman–Crippen LogP) is 5.45. The Morgan fingerprint density at radius 1 is 1.00 bits per heavy atom. The minimum absolute atomic E-state index is 0.851. The summed E-state index contributed by atoms with van der Waals surface area (Å²) in [5, 5.41) is 0. The summed E-state index contributed by atoms with van der Waals surface area (Å²) in [5.74, 6) is 0.851. The van der Waals surface area contributed by atoms with Crippen molar-refractivity contribution in [1.29, 1.82) is 0 Å². The van der Waals surface area contributed by atoms with Gasteiger partial charge in [0.15, 0.2) is 5.82 Å². The molecule has 0 fully saturated rings. The molecule has 3 aromatic rings. The minimum Gasteiger partial charge on any atom is -0.337 e. The van der Waals surface area contributed by atoms with E-state index in [9.17, 15) is 0 Å². The number of imidazole rings is 1. The lowest BCUT2D eigenvalue weighted by molar-refractivity contribution is 0.632. The van der Waals surface area contributed by atoms with E-state index in [2.05, 4.69) is 54.1 Å². The number of hydrogen-bond acceptors (Lipinski definition) is 2. The molecule has 120 valence electrons. The third kappa shape index (κ3) is 3.79. The van der Waals surface area contributed by atoms with Crippen LogP contribution in [-0.2, 0) is 6.42 Å². The molecule has 0 radical (unpaired) electrons. The minimum atomic E-state index is 0.851. The van der Waals surface area contributed by atoms with Crippen LogP contribution in [0.25, 0.3) is 22.6 Å². The van der Waals surface area contributed by atoms with Crippen molar-refractivity contribution in [3.63, 3.8) is 0 Å². The molecule has 23 heavy (non-hydrogen) atoms. The molecule has 2 aromatic heterocycles. The van der Waals surface area contributed by atoms with Crippen LogP contribution in [0.3, 0.4) is 0 Å². The van der Waals surface area contributed by atoms with Gasteiger partial charge in [0.05, 0.1) is 11.0 Å². The van der Waals surface area contributed by atoms with E-state index in [1.165, 1.54) is 43.2 Å². The second-order valence-corrected chi connectivity index (χ2v) is 6.27. The van der Waals surface area contributed by atoms with Crippen molar-refractivity contribution in [1.82, 2.24) is 15.0 Å². The summed E-state index contributed by atoms with van der Waals surface area (Å²) < 4.78 is 0. The molecule has 0 unspecified atom stereocenters. The third-order valence-electron chi connectivity index (χ3n) is 4.35. The highest BCUT2D eigenvalue weighted by atomic mass is 14.9. The van der Waals surface area contributed by atoms with E-state index in [1.54, 1.807) is 0 Å². The van der Waals surface area contributed by atoms with Gasteiger partial charge in [-0.05, 0) is 43.0 Å². The predicted molar refractivity (Wildman–Crippen MR) is 96.5 cm³/mol. The zero-order valence-corrected chi connectivity index (χ0v) is 14.1. The number of aromatic amines is 1. The molecule has 0 aliphatic heterocycles. The summed E-state index contributed by atoms with van der Waals surface area (Å²) in [6.45, 7) is 4.34. The molecule has 0 atom stereocenters. The molecule has 2 heterocycles. The van der Waals surface area contributed by atoms with Crippen LogP contribution in [0.4, 0.5) is 0 Å². The van der Waals surface area contributed by atoms with Gasteiger partial charge in [-0.25, -0.2) is 4.98 Å². The number of unbranched alkanes of at least 4 members (excludes halogenated alkanes) is 4. The van der Waals surface area contributed by atoms with E-state index in [4.69, 9.17) is 4.98 Å². The Balaban J connectivity index is 1.67. The van der Waals surface area contributed by atoms with Crippen LogP contribution in [0.15, 0.2) is 36.5 Å². The number of nitrogens with one attached hydrogen (secondary N) is 1. The lowest BCUT2D eigenvalue weighted by Crippen LogP contribution is -1.90. The largest absolute Gasteiger partial charge is 0.337 e. The molecule has 0 spiro atoms. The van der Waals surface area contributed by atoms with Crippen molar-refractivity contribution >= 4 is 11.0 Å². The number of aromatic nitrogens is 3. The second-order valence-electron chi connectivity index (χ2n) is 6.27. The van der Waals surface area contributed by atoms with E-state index in [0.29, 0.717) is 0 Å². The first-order valence-electron chi connectivity index (χ1n) is 8.68. The van der Waals surface area contributed by atoms with Gasteiger partial charge in [-0.15, -0.1) is 0 Å². The number of hydrogen-bond donors (Lipinski definition) is 1. The summed E-state index contributed by atoms with van der Waals surface area (Å²) in [6.07, 6.45) is 9.69. The van der Waals surface area contributed by atoms with Crippen LogP contribution in [0.5, 0.6) is 0 Å². The van der Waals surface area contributed by atoms with Crippen molar-refractivity contribution in [2.75, 3.05) is 0 Å². The maximum Gasteiger partial charge on any atom is 0.157 e. The van der Waals surface area contributed by atoms with Gasteiger partial charge in [-0.1, -0.05) is 50.8 Å². The number of rotatable bonds is 7. The summed E-state index contributed by atoms with van der Waals surface area (Å²) in [4.78, 5) is 12.7. The van der Waals surface area contributed by atoms with Gasteiger partial charge in [0.2, 0.25) is 0 Å². The Bertz CT molecular complexity index is 756. The number of fused-ring (bicyclic) bond motifs is 1. The fourth-order valence-corrected chi connectivity index (χ4v) is 2.94. The van der Waals surface area contributed by atoms with Gasteiger partial charge in [-0.2, -0.15) is 0 Å². The van der Waals surface area contributed by atoms with Gasteiger partial charge in [0, 0.05) is 6.20 Å². The van der Waals surface area contributed by atoms with E-state index in [-0.39, 0.29) is 0 Å². The molecule has 3 heteroatoms. The van der Waals surface area contributed by atoms with Crippen molar-refractivity contribution in [2.24, 2.45) is 0 Å². The molecule has 3 rings (SSSR count). The fraction of sp³-hybridized carbons (Fsp3) is 0.400. The molecule has 1 N–H and O–H groups in total. The van der Waals surface area contributed by atoms with Crippen LogP contribution in [-0.4, -0.2) is 15.0 Å². The lowest BCUT2D eigenvalue weighted by Gasteiger charge is -2.02. The Hall–Kier alpha value is -2.16. The Morgan fingerprint density at radius 3 is 2.61 bits per heavy atom. The highest BCUT2D eigenvalue weighted by Crippen LogP contribution is 2.21. The van der Waals surface area contributed by atoms with Gasteiger partial charge < -0.3 is 4.98 Å². The van der Waals surface area contributed by atoms with Crippen LogP contribution >= 0.6 is 0 Å². The van der Waals surface area contributed by atoms with Crippen molar-refractivity contribution in [2.45, 2.75) is 52.4 Å². The summed E-state index contributed by atoms with van der Waals surface area (Å²) in [5.41, 5.74) is 5.52. The highest BCUT2D eigenvalue weighted by Gasteiger charge is 2.08. The summed E-state index contributed by atoms with van der Waals surface area (Å²) in [6, 6.07) is 10.5. The number of pyridine rings is 1. The zero-order valence-electron chi connectivity index (χ0n) is 14.1. The van der Waals surface area contributed by atoms with E-state index < -0.39 is 0 Å². The molecular formula is C20H25N3. The number of H-pyrrole nitrogens is 1. The first-order chi connectivity index (χ1) is 11.3. The SMILES string of the molecule is CCCCCCCc1ccc(-c2nc3c(C)cccc3[nH]2)nc1. The highest BCUT2D eigenvalue weighted by molar-refractivity contribution is 5.81. The average Bonchev–Trinajstić information content (AvgIpc) is 3.01. The standard InChI is InChI=1S/C20H25N3/c1-3-4-5-6-7-10-16-12-13-18(21-14-16)20-22-17-11-8-9-15(2)19(17)23-20/h8-9,11-14H,3-7,10H2,1-2H3,(H,22,23).